The average Bonchev–Trinajstić information content (AvgIpc) is 2.86. The Morgan fingerprint density at radius 2 is 1.88 bits per heavy atom. The first kappa shape index (κ1) is 11.9. The second-order valence-corrected chi connectivity index (χ2v) is 5.54. The standard InChI is InChI=1S/C13H24N2O/c1-9(10-5-2-3-6-10)15-13(16)11-7-4-8-12(11)14/h9-12H,2-8,14H2,1H3,(H,15,16). The molecule has 0 aromatic rings. The zero-order valence-corrected chi connectivity index (χ0v) is 10.2. The first-order valence-corrected chi connectivity index (χ1v) is 6.74. The van der Waals surface area contributed by atoms with Crippen LogP contribution in [0.4, 0.5) is 0 Å². The Kier molecular flexibility index (Phi) is 3.85. The summed E-state index contributed by atoms with van der Waals surface area (Å²) < 4.78 is 0. The van der Waals surface area contributed by atoms with Gasteiger partial charge in [-0.05, 0) is 38.5 Å². The van der Waals surface area contributed by atoms with Gasteiger partial charge in [0.25, 0.3) is 0 Å². The fourth-order valence-corrected chi connectivity index (χ4v) is 3.22. The van der Waals surface area contributed by atoms with Crippen LogP contribution in [0.5, 0.6) is 0 Å². The molecule has 0 aromatic carbocycles. The molecule has 0 spiro atoms. The van der Waals surface area contributed by atoms with E-state index in [2.05, 4.69) is 12.2 Å². The molecular weight excluding hydrogens is 200 g/mol. The molecule has 1 amide bonds. The van der Waals surface area contributed by atoms with Crippen LogP contribution in [0.25, 0.3) is 0 Å². The second kappa shape index (κ2) is 5.17. The van der Waals surface area contributed by atoms with Crippen LogP contribution in [0.15, 0.2) is 0 Å². The lowest BCUT2D eigenvalue weighted by atomic mass is 9.97. The molecule has 0 bridgehead atoms. The van der Waals surface area contributed by atoms with E-state index < -0.39 is 0 Å². The zero-order valence-electron chi connectivity index (χ0n) is 10.2. The van der Waals surface area contributed by atoms with Gasteiger partial charge in [0.05, 0.1) is 5.92 Å². The number of carbonyl (C=O) groups is 1. The van der Waals surface area contributed by atoms with Gasteiger partial charge in [0.15, 0.2) is 0 Å². The molecule has 2 fully saturated rings. The maximum Gasteiger partial charge on any atom is 0.224 e. The zero-order chi connectivity index (χ0) is 11.5. The van der Waals surface area contributed by atoms with Gasteiger partial charge in [0, 0.05) is 12.1 Å². The predicted molar refractivity (Wildman–Crippen MR) is 64.9 cm³/mol. The number of rotatable bonds is 3. The largest absolute Gasteiger partial charge is 0.353 e. The molecule has 2 aliphatic carbocycles. The molecular formula is C13H24N2O. The van der Waals surface area contributed by atoms with Crippen molar-refractivity contribution in [1.29, 1.82) is 0 Å². The summed E-state index contributed by atoms with van der Waals surface area (Å²) in [5.74, 6) is 0.967. The molecule has 3 N–H and O–H groups in total. The summed E-state index contributed by atoms with van der Waals surface area (Å²) in [6.45, 7) is 2.15. The van der Waals surface area contributed by atoms with Crippen LogP contribution in [0.2, 0.25) is 0 Å². The predicted octanol–water partition coefficient (Wildman–Crippen LogP) is 1.81. The Morgan fingerprint density at radius 3 is 2.44 bits per heavy atom. The fourth-order valence-electron chi connectivity index (χ4n) is 3.22. The lowest BCUT2D eigenvalue weighted by molar-refractivity contribution is -0.126. The minimum Gasteiger partial charge on any atom is -0.353 e. The smallest absolute Gasteiger partial charge is 0.224 e. The van der Waals surface area contributed by atoms with E-state index in [9.17, 15) is 4.79 Å². The van der Waals surface area contributed by atoms with Gasteiger partial charge in [-0.1, -0.05) is 19.3 Å². The highest BCUT2D eigenvalue weighted by Gasteiger charge is 2.32. The Hall–Kier alpha value is -0.570. The Balaban J connectivity index is 1.81. The molecule has 2 saturated carbocycles. The normalized spacial score (nSPS) is 32.9. The minimum atomic E-state index is 0.0730. The SMILES string of the molecule is CC(NC(=O)C1CCCC1N)C1CCCC1. The van der Waals surface area contributed by atoms with Gasteiger partial charge in [-0.15, -0.1) is 0 Å². The van der Waals surface area contributed by atoms with Gasteiger partial charge in [-0.3, -0.25) is 4.79 Å². The van der Waals surface area contributed by atoms with E-state index in [1.165, 1.54) is 25.7 Å². The summed E-state index contributed by atoms with van der Waals surface area (Å²) in [5.41, 5.74) is 5.95. The third-order valence-electron chi connectivity index (χ3n) is 4.38. The van der Waals surface area contributed by atoms with Gasteiger partial charge in [0.2, 0.25) is 5.91 Å². The van der Waals surface area contributed by atoms with Gasteiger partial charge in [-0.25, -0.2) is 0 Å². The highest BCUT2D eigenvalue weighted by atomic mass is 16.2. The van der Waals surface area contributed by atoms with Crippen LogP contribution in [0, 0.1) is 11.8 Å². The van der Waals surface area contributed by atoms with Crippen molar-refractivity contribution in [2.24, 2.45) is 17.6 Å². The molecule has 3 nitrogen and oxygen atoms in total. The molecule has 16 heavy (non-hydrogen) atoms. The Bertz CT molecular complexity index is 248. The van der Waals surface area contributed by atoms with Gasteiger partial charge >= 0.3 is 0 Å². The van der Waals surface area contributed by atoms with Crippen molar-refractivity contribution >= 4 is 5.91 Å². The maximum absolute atomic E-state index is 12.0. The molecule has 3 unspecified atom stereocenters. The van der Waals surface area contributed by atoms with Crippen molar-refractivity contribution in [3.05, 3.63) is 0 Å². The molecule has 92 valence electrons. The fraction of sp³-hybridized carbons (Fsp3) is 0.923. The number of hydrogen-bond donors (Lipinski definition) is 2. The molecule has 0 aromatic heterocycles. The van der Waals surface area contributed by atoms with Gasteiger partial charge in [-0.2, -0.15) is 0 Å². The van der Waals surface area contributed by atoms with E-state index in [1.54, 1.807) is 0 Å². The van der Waals surface area contributed by atoms with Crippen LogP contribution < -0.4 is 11.1 Å². The van der Waals surface area contributed by atoms with E-state index in [1.807, 2.05) is 0 Å². The van der Waals surface area contributed by atoms with Crippen molar-refractivity contribution in [3.63, 3.8) is 0 Å². The van der Waals surface area contributed by atoms with Crippen LogP contribution in [0.1, 0.15) is 51.9 Å². The molecule has 3 atom stereocenters. The van der Waals surface area contributed by atoms with Crippen molar-refractivity contribution < 1.29 is 4.79 Å². The second-order valence-electron chi connectivity index (χ2n) is 5.54. The lowest BCUT2D eigenvalue weighted by Gasteiger charge is -2.23. The number of hydrogen-bond acceptors (Lipinski definition) is 2. The summed E-state index contributed by atoms with van der Waals surface area (Å²) in [7, 11) is 0. The average molecular weight is 224 g/mol. The summed E-state index contributed by atoms with van der Waals surface area (Å²) >= 11 is 0. The Morgan fingerprint density at radius 1 is 1.19 bits per heavy atom. The van der Waals surface area contributed by atoms with E-state index in [-0.39, 0.29) is 17.9 Å². The molecule has 0 radical (unpaired) electrons. The van der Waals surface area contributed by atoms with E-state index in [0.717, 1.165) is 19.3 Å². The van der Waals surface area contributed by atoms with Crippen LogP contribution in [-0.2, 0) is 4.79 Å². The maximum atomic E-state index is 12.0. The molecule has 0 aliphatic heterocycles. The van der Waals surface area contributed by atoms with Crippen LogP contribution >= 0.6 is 0 Å². The highest BCUT2D eigenvalue weighted by Crippen LogP contribution is 2.29. The molecule has 0 saturated heterocycles. The van der Waals surface area contributed by atoms with E-state index in [0.29, 0.717) is 12.0 Å². The van der Waals surface area contributed by atoms with Gasteiger partial charge < -0.3 is 11.1 Å². The topological polar surface area (TPSA) is 55.1 Å². The molecule has 2 aliphatic rings. The molecule has 2 rings (SSSR count). The third-order valence-corrected chi connectivity index (χ3v) is 4.38. The van der Waals surface area contributed by atoms with Crippen LogP contribution in [0.3, 0.4) is 0 Å². The number of amides is 1. The first-order valence-electron chi connectivity index (χ1n) is 6.74. The van der Waals surface area contributed by atoms with Crippen molar-refractivity contribution in [2.45, 2.75) is 64.0 Å². The highest BCUT2D eigenvalue weighted by molar-refractivity contribution is 5.80. The number of nitrogens with two attached hydrogens (primary N) is 1. The van der Waals surface area contributed by atoms with Crippen LogP contribution in [-0.4, -0.2) is 18.0 Å². The number of carbonyl (C=O) groups excluding carboxylic acids is 1. The quantitative estimate of drug-likeness (QED) is 0.768. The number of nitrogens with one attached hydrogen (secondary N) is 1. The van der Waals surface area contributed by atoms with Crippen molar-refractivity contribution in [3.8, 4) is 0 Å². The first-order chi connectivity index (χ1) is 7.68. The van der Waals surface area contributed by atoms with E-state index >= 15 is 0 Å². The van der Waals surface area contributed by atoms with Crippen molar-refractivity contribution in [2.75, 3.05) is 0 Å². The molecule has 0 heterocycles. The van der Waals surface area contributed by atoms with Crippen molar-refractivity contribution in [1.82, 2.24) is 5.32 Å². The van der Waals surface area contributed by atoms with Gasteiger partial charge in [0.1, 0.15) is 0 Å². The summed E-state index contributed by atoms with van der Waals surface area (Å²) in [5, 5.41) is 3.18. The monoisotopic (exact) mass is 224 g/mol. The Labute approximate surface area is 98.2 Å². The minimum absolute atomic E-state index is 0.0730. The van der Waals surface area contributed by atoms with E-state index in [4.69, 9.17) is 5.73 Å². The summed E-state index contributed by atoms with van der Waals surface area (Å²) in [4.78, 5) is 12.0. The third kappa shape index (κ3) is 2.57. The lowest BCUT2D eigenvalue weighted by Crippen LogP contribution is -2.44. The summed E-state index contributed by atoms with van der Waals surface area (Å²) in [6.07, 6.45) is 8.30. The summed E-state index contributed by atoms with van der Waals surface area (Å²) in [6, 6.07) is 0.429. The molecule has 3 heteroatoms.